The number of aromatic nitrogens is 1. The quantitative estimate of drug-likeness (QED) is 0.0896. The van der Waals surface area contributed by atoms with Gasteiger partial charge < -0.3 is 33.3 Å². The minimum atomic E-state index is -1.36. The van der Waals surface area contributed by atoms with Gasteiger partial charge in [0.1, 0.15) is 29.0 Å². The molecule has 13 nitrogen and oxygen atoms in total. The molecule has 6 rings (SSSR count). The average molecular weight is 787 g/mol. The fourth-order valence-electron chi connectivity index (χ4n) is 6.57. The topological polar surface area (TPSA) is 157 Å². The van der Waals surface area contributed by atoms with Crippen molar-refractivity contribution in [2.45, 2.75) is 69.2 Å². The number of pyridine rings is 1. The maximum atomic E-state index is 14.0. The number of ether oxygens (including phenoxy) is 6. The maximum absolute atomic E-state index is 14.0. The van der Waals surface area contributed by atoms with Gasteiger partial charge in [0, 0.05) is 51.0 Å². The molecule has 0 N–H and O–H groups in total. The second-order valence-electron chi connectivity index (χ2n) is 13.0. The van der Waals surface area contributed by atoms with Crippen LogP contribution in [-0.2, 0) is 47.7 Å². The van der Waals surface area contributed by atoms with Crippen LogP contribution in [0.4, 0.5) is 10.1 Å². The van der Waals surface area contributed by atoms with Crippen molar-refractivity contribution < 1.29 is 56.8 Å². The van der Waals surface area contributed by atoms with E-state index in [-0.39, 0.29) is 23.8 Å². The van der Waals surface area contributed by atoms with E-state index in [1.54, 1.807) is 53.7 Å². The van der Waals surface area contributed by atoms with E-state index >= 15 is 0 Å². The predicted octanol–water partition coefficient (Wildman–Crippen LogP) is 5.91. The van der Waals surface area contributed by atoms with Gasteiger partial charge in [0.15, 0.2) is 6.10 Å². The molecule has 3 aromatic carbocycles. The highest BCUT2D eigenvalue weighted by atomic mass is 32.2. The molecule has 2 fully saturated rings. The number of methoxy groups -OCH3 is 1. The summed E-state index contributed by atoms with van der Waals surface area (Å²) in [6.45, 7) is 3.66. The Balaban J connectivity index is 1.27. The third-order valence-electron chi connectivity index (χ3n) is 9.10. The highest BCUT2D eigenvalue weighted by Crippen LogP contribution is 2.47. The van der Waals surface area contributed by atoms with Crippen LogP contribution in [-0.4, -0.2) is 77.5 Å². The molecule has 2 aliphatic heterocycles. The number of amides is 1. The molecular weight excluding hydrogens is 748 g/mol. The molecule has 292 valence electrons. The number of hydrogen-bond donors (Lipinski definition) is 0. The van der Waals surface area contributed by atoms with Gasteiger partial charge >= 0.3 is 23.9 Å². The number of halogens is 1. The minimum absolute atomic E-state index is 0.129. The lowest BCUT2D eigenvalue weighted by molar-refractivity contribution is -0.251. The second kappa shape index (κ2) is 17.8. The van der Waals surface area contributed by atoms with Crippen LogP contribution < -0.4 is 9.64 Å². The van der Waals surface area contributed by atoms with Crippen LogP contribution in [0.15, 0.2) is 97.3 Å². The highest BCUT2D eigenvalue weighted by molar-refractivity contribution is 8.00. The third-order valence-corrected chi connectivity index (χ3v) is 10.4. The van der Waals surface area contributed by atoms with Gasteiger partial charge in [-0.3, -0.25) is 24.2 Å². The number of carbonyl (C=O) groups is 5. The van der Waals surface area contributed by atoms with Crippen molar-refractivity contribution in [3.8, 4) is 16.9 Å². The first-order valence-corrected chi connectivity index (χ1v) is 18.7. The molecule has 3 heterocycles. The van der Waals surface area contributed by atoms with Crippen molar-refractivity contribution in [2.24, 2.45) is 0 Å². The van der Waals surface area contributed by atoms with Crippen LogP contribution in [0.2, 0.25) is 0 Å². The van der Waals surface area contributed by atoms with E-state index < -0.39 is 71.7 Å². The average Bonchev–Trinajstić information content (AvgIpc) is 3.18. The zero-order valence-corrected chi connectivity index (χ0v) is 31.7. The van der Waals surface area contributed by atoms with Crippen LogP contribution >= 0.6 is 11.8 Å². The molecule has 1 aromatic heterocycles. The molecule has 15 heteroatoms. The van der Waals surface area contributed by atoms with Crippen LogP contribution in [0.25, 0.3) is 11.1 Å². The number of thioether (sulfide) groups is 1. The molecule has 7 atom stereocenters. The smallest absolute Gasteiger partial charge is 0.335 e. The van der Waals surface area contributed by atoms with Gasteiger partial charge in [-0.05, 0) is 64.7 Å². The zero-order valence-electron chi connectivity index (χ0n) is 30.9. The Morgan fingerprint density at radius 1 is 0.893 bits per heavy atom. The number of hydrogen-bond acceptors (Lipinski definition) is 13. The second-order valence-corrected chi connectivity index (χ2v) is 14.2. The Kier molecular flexibility index (Phi) is 12.7. The van der Waals surface area contributed by atoms with Gasteiger partial charge in [-0.15, -0.1) is 11.8 Å². The summed E-state index contributed by atoms with van der Waals surface area (Å²) >= 11 is 1.32. The van der Waals surface area contributed by atoms with Crippen molar-refractivity contribution >= 4 is 47.2 Å². The molecule has 4 aromatic rings. The van der Waals surface area contributed by atoms with E-state index in [9.17, 15) is 28.4 Å². The number of rotatable bonds is 13. The summed E-state index contributed by atoms with van der Waals surface area (Å²) in [6, 6.07) is 23.3. The molecule has 1 amide bonds. The van der Waals surface area contributed by atoms with Gasteiger partial charge in [-0.25, -0.2) is 9.18 Å². The molecule has 0 aliphatic carbocycles. The largest absolute Gasteiger partial charge is 0.467 e. The standard InChI is InChI=1S/C41H39FN2O11S/c1-23(45)51-33-20-34(40(49)50-4)55-41(37(33)53-25(3)47)54-32-17-11-28(12-18-32)36-38(56-22-35(52-24(2)46)27-7-13-30(42)14-8-27)39(48)44(36)31-15-9-26(10-16-31)29-6-5-19-43-21-29/h5-19,21,33-38,41H,20,22H2,1-4H3/t33-,34-,35-,36+,37+,38+,41+/m0/s1. The van der Waals surface area contributed by atoms with E-state index in [0.717, 1.165) is 16.7 Å². The van der Waals surface area contributed by atoms with Crippen molar-refractivity contribution in [2.75, 3.05) is 17.8 Å². The number of nitrogens with zero attached hydrogens (tertiary/aromatic N) is 2. The van der Waals surface area contributed by atoms with Crippen LogP contribution in [0.3, 0.4) is 0 Å². The first-order chi connectivity index (χ1) is 26.9. The number of carbonyl (C=O) groups excluding carboxylic acids is 5. The molecule has 0 bridgehead atoms. The van der Waals surface area contributed by atoms with E-state index in [1.807, 2.05) is 36.4 Å². The summed E-state index contributed by atoms with van der Waals surface area (Å²) in [5.74, 6) is -2.70. The van der Waals surface area contributed by atoms with Crippen molar-refractivity contribution in [1.82, 2.24) is 4.98 Å². The van der Waals surface area contributed by atoms with Gasteiger partial charge in [-0.2, -0.15) is 0 Å². The van der Waals surface area contributed by atoms with Crippen LogP contribution in [0.1, 0.15) is 50.5 Å². The summed E-state index contributed by atoms with van der Waals surface area (Å²) in [4.78, 5) is 68.4. The summed E-state index contributed by atoms with van der Waals surface area (Å²) in [5.41, 5.74) is 3.82. The van der Waals surface area contributed by atoms with E-state index in [4.69, 9.17) is 28.4 Å². The molecule has 2 aliphatic rings. The lowest BCUT2D eigenvalue weighted by Crippen LogP contribution is -2.57. The first-order valence-electron chi connectivity index (χ1n) is 17.6. The minimum Gasteiger partial charge on any atom is -0.467 e. The number of esters is 4. The monoisotopic (exact) mass is 786 g/mol. The first kappa shape index (κ1) is 39.9. The summed E-state index contributed by atoms with van der Waals surface area (Å²) < 4.78 is 47.0. The van der Waals surface area contributed by atoms with Gasteiger partial charge in [-0.1, -0.05) is 42.5 Å². The molecule has 0 unspecified atom stereocenters. The third kappa shape index (κ3) is 9.34. The number of anilines is 1. The van der Waals surface area contributed by atoms with Crippen LogP contribution in [0, 0.1) is 5.82 Å². The van der Waals surface area contributed by atoms with Gasteiger partial charge in [0.25, 0.3) is 0 Å². The van der Waals surface area contributed by atoms with E-state index in [2.05, 4.69) is 4.98 Å². The van der Waals surface area contributed by atoms with Crippen molar-refractivity contribution in [3.05, 3.63) is 114 Å². The molecule has 0 radical (unpaired) electrons. The Morgan fingerprint density at radius 2 is 1.59 bits per heavy atom. The van der Waals surface area contributed by atoms with Crippen molar-refractivity contribution in [3.63, 3.8) is 0 Å². The summed E-state index contributed by atoms with van der Waals surface area (Å²) in [5, 5.41) is -0.599. The van der Waals surface area contributed by atoms with Crippen molar-refractivity contribution in [1.29, 1.82) is 0 Å². The van der Waals surface area contributed by atoms with Gasteiger partial charge in [0.05, 0.1) is 13.2 Å². The highest BCUT2D eigenvalue weighted by Gasteiger charge is 2.50. The Labute approximate surface area is 326 Å². The SMILES string of the molecule is COC(=O)[C@@H]1C[C@H](OC(C)=O)[C@@H](OC(C)=O)[C@H](Oc2ccc([C@@H]3[C@@H](SC[C@H](OC(C)=O)c4ccc(F)cc4)C(=O)N3c3ccc(-c4cccnc4)cc3)cc2)O1. The van der Waals surface area contributed by atoms with Crippen LogP contribution in [0.5, 0.6) is 5.75 Å². The Morgan fingerprint density at radius 3 is 2.20 bits per heavy atom. The van der Waals surface area contributed by atoms with E-state index in [0.29, 0.717) is 11.3 Å². The zero-order chi connectivity index (χ0) is 39.9. The lowest BCUT2D eigenvalue weighted by atomic mass is 9.92. The van der Waals surface area contributed by atoms with Gasteiger partial charge in [0.2, 0.25) is 18.3 Å². The lowest BCUT2D eigenvalue weighted by Gasteiger charge is -2.47. The molecule has 2 saturated heterocycles. The Bertz CT molecular complexity index is 2030. The molecule has 0 spiro atoms. The normalized spacial score (nSPS) is 22.2. The predicted molar refractivity (Wildman–Crippen MR) is 201 cm³/mol. The summed E-state index contributed by atoms with van der Waals surface area (Å²) in [7, 11) is 1.19. The molecule has 0 saturated carbocycles. The summed E-state index contributed by atoms with van der Waals surface area (Å²) in [6.07, 6.45) is -2.24. The Hall–Kier alpha value is -5.80. The molecule has 56 heavy (non-hydrogen) atoms. The van der Waals surface area contributed by atoms with E-state index in [1.165, 1.54) is 51.8 Å². The number of benzene rings is 3. The maximum Gasteiger partial charge on any atom is 0.335 e. The molecular formula is C41H39FN2O11S. The fraction of sp³-hybridized carbons (Fsp3) is 0.317. The fourth-order valence-corrected chi connectivity index (χ4v) is 7.93. The number of β-lactam (4-membered cyclic amide) rings is 1.